The van der Waals surface area contributed by atoms with Crippen LogP contribution in [-0.4, -0.2) is 56.9 Å². The number of nitrogens with one attached hydrogen (secondary N) is 1. The van der Waals surface area contributed by atoms with Gasteiger partial charge in [-0.3, -0.25) is 9.63 Å². The van der Waals surface area contributed by atoms with Gasteiger partial charge in [0.25, 0.3) is 0 Å². The monoisotopic (exact) mass is 646 g/mol. The first-order valence-electron chi connectivity index (χ1n) is 18.2. The molecule has 3 N–H and O–H groups in total. The molecule has 7 nitrogen and oxygen atoms in total. The third kappa shape index (κ3) is 7.23. The number of para-hydroxylation sites is 1. The maximum atomic E-state index is 14.3. The van der Waals surface area contributed by atoms with Gasteiger partial charge in [0.1, 0.15) is 11.8 Å². The molecular weight excluding hydrogens is 584 g/mol. The van der Waals surface area contributed by atoms with Crippen molar-refractivity contribution >= 4 is 11.6 Å². The number of fused-ring (bicyclic) bond motifs is 2. The van der Waals surface area contributed by atoms with Crippen LogP contribution in [0.25, 0.3) is 11.1 Å². The third-order valence-electron chi connectivity index (χ3n) is 12.0. The third-order valence-corrected chi connectivity index (χ3v) is 12.0. The minimum atomic E-state index is -0.431. The number of nitrogens with two attached hydrogens (primary N) is 1. The minimum absolute atomic E-state index is 0.00998. The molecule has 6 rings (SSSR count). The normalized spacial score (nSPS) is 28.4. The smallest absolute Gasteiger partial charge is 0.240 e. The SMILES string of the molecule is COc1c(CN2O[C@@H](CN)[C@@H](C(C)C)[C@H]2C(=O)N[C@H]2C[C@@H]3C[C@H]([C@@H]2C)C3(C)C)cccc1-c1cc(CCCC(C)C)cc(N(C)C)c1. The molecule has 2 aromatic carbocycles. The molecule has 1 amide bonds. The zero-order valence-electron chi connectivity index (χ0n) is 30.8. The van der Waals surface area contributed by atoms with E-state index in [1.165, 1.54) is 30.5 Å². The molecule has 2 aromatic rings. The number of benzene rings is 2. The van der Waals surface area contributed by atoms with Crippen molar-refractivity contribution < 1.29 is 14.4 Å². The van der Waals surface area contributed by atoms with E-state index in [1.807, 2.05) is 5.06 Å². The Morgan fingerprint density at radius 2 is 1.89 bits per heavy atom. The van der Waals surface area contributed by atoms with Crippen LogP contribution in [0.1, 0.15) is 85.3 Å². The summed E-state index contributed by atoms with van der Waals surface area (Å²) in [5.74, 6) is 3.60. The molecule has 4 fully saturated rings. The van der Waals surface area contributed by atoms with Crippen molar-refractivity contribution in [3.63, 3.8) is 0 Å². The van der Waals surface area contributed by atoms with Crippen LogP contribution in [-0.2, 0) is 22.6 Å². The molecule has 0 unspecified atom stereocenters. The van der Waals surface area contributed by atoms with Crippen LogP contribution in [0.15, 0.2) is 36.4 Å². The van der Waals surface area contributed by atoms with Gasteiger partial charge in [-0.15, -0.1) is 0 Å². The Bertz CT molecular complexity index is 1390. The first-order chi connectivity index (χ1) is 22.3. The molecule has 1 heterocycles. The summed E-state index contributed by atoms with van der Waals surface area (Å²) < 4.78 is 6.17. The highest BCUT2D eigenvalue weighted by Gasteiger charge is 2.57. The fourth-order valence-electron chi connectivity index (χ4n) is 9.04. The Balaban J connectivity index is 1.43. The maximum Gasteiger partial charge on any atom is 0.240 e. The van der Waals surface area contributed by atoms with Gasteiger partial charge in [0, 0.05) is 49.4 Å². The number of aryl methyl sites for hydroxylation is 1. The Kier molecular flexibility index (Phi) is 11.0. The second kappa shape index (κ2) is 14.5. The summed E-state index contributed by atoms with van der Waals surface area (Å²) in [6.45, 7) is 16.9. The number of methoxy groups -OCH3 is 1. The Morgan fingerprint density at radius 1 is 1.15 bits per heavy atom. The second-order valence-electron chi connectivity index (χ2n) is 16.4. The van der Waals surface area contributed by atoms with E-state index in [-0.39, 0.29) is 29.9 Å². The number of ether oxygens (including phenoxy) is 1. The molecule has 7 heteroatoms. The molecule has 0 aromatic heterocycles. The molecule has 0 radical (unpaired) electrons. The van der Waals surface area contributed by atoms with Crippen LogP contribution >= 0.6 is 0 Å². The lowest BCUT2D eigenvalue weighted by molar-refractivity contribution is -0.175. The van der Waals surface area contributed by atoms with E-state index in [0.29, 0.717) is 42.2 Å². The van der Waals surface area contributed by atoms with Gasteiger partial charge in [0.05, 0.1) is 19.8 Å². The molecule has 1 aliphatic heterocycles. The van der Waals surface area contributed by atoms with E-state index in [2.05, 4.69) is 109 Å². The highest BCUT2D eigenvalue weighted by atomic mass is 16.7. The molecule has 2 bridgehead atoms. The summed E-state index contributed by atoms with van der Waals surface area (Å²) in [4.78, 5) is 23.1. The van der Waals surface area contributed by atoms with Crippen molar-refractivity contribution in [3.05, 3.63) is 47.5 Å². The highest BCUT2D eigenvalue weighted by Crippen LogP contribution is 2.61. The van der Waals surface area contributed by atoms with Crippen molar-refractivity contribution in [2.24, 2.45) is 46.7 Å². The van der Waals surface area contributed by atoms with Crippen LogP contribution < -0.4 is 20.7 Å². The number of hydrogen-bond acceptors (Lipinski definition) is 6. The van der Waals surface area contributed by atoms with E-state index in [1.54, 1.807) is 7.11 Å². The largest absolute Gasteiger partial charge is 0.496 e. The van der Waals surface area contributed by atoms with Crippen LogP contribution in [0.4, 0.5) is 5.69 Å². The van der Waals surface area contributed by atoms with Crippen molar-refractivity contribution in [1.29, 1.82) is 0 Å². The van der Waals surface area contributed by atoms with Gasteiger partial charge in [-0.25, -0.2) is 0 Å². The lowest BCUT2D eigenvalue weighted by Gasteiger charge is -2.62. The average molecular weight is 647 g/mol. The van der Waals surface area contributed by atoms with Crippen molar-refractivity contribution in [2.75, 3.05) is 32.6 Å². The summed E-state index contributed by atoms with van der Waals surface area (Å²) in [7, 11) is 5.93. The molecule has 0 spiro atoms. The van der Waals surface area contributed by atoms with Crippen molar-refractivity contribution in [1.82, 2.24) is 10.4 Å². The maximum absolute atomic E-state index is 14.3. The van der Waals surface area contributed by atoms with E-state index in [4.69, 9.17) is 15.3 Å². The summed E-state index contributed by atoms with van der Waals surface area (Å²) in [6, 6.07) is 13.0. The second-order valence-corrected chi connectivity index (χ2v) is 16.4. The van der Waals surface area contributed by atoms with Gasteiger partial charge in [0.2, 0.25) is 5.91 Å². The fraction of sp³-hybridized carbons (Fsp3) is 0.675. The van der Waals surface area contributed by atoms with Gasteiger partial charge in [0.15, 0.2) is 0 Å². The van der Waals surface area contributed by atoms with Gasteiger partial charge in [-0.2, -0.15) is 5.06 Å². The fourth-order valence-corrected chi connectivity index (χ4v) is 9.04. The summed E-state index contributed by atoms with van der Waals surface area (Å²) in [6.07, 6.45) is 5.54. The van der Waals surface area contributed by atoms with Crippen LogP contribution in [0.3, 0.4) is 0 Å². The Hall–Kier alpha value is -2.61. The minimum Gasteiger partial charge on any atom is -0.496 e. The first-order valence-corrected chi connectivity index (χ1v) is 18.2. The van der Waals surface area contributed by atoms with Gasteiger partial charge in [-0.1, -0.05) is 79.2 Å². The zero-order valence-corrected chi connectivity index (χ0v) is 30.8. The molecule has 260 valence electrons. The Labute approximate surface area is 284 Å². The molecular formula is C40H62N4O3. The van der Waals surface area contributed by atoms with E-state index >= 15 is 0 Å². The standard InChI is InChI=1S/C40H62N4O3/c1-24(2)13-11-14-27-17-29(19-31(18-27)43(8)9)32-16-12-15-28(38(32)46-10)23-44-37(36(25(3)4)35(22-41)47-44)39(45)42-34-21-30-20-33(26(34)5)40(30,6)7/h12,15-19,24-26,30,33-37H,11,13-14,20-23,41H2,1-10H3,(H,42,45)/t26-,30-,33+,34-,35-,36+,37-/m0/s1. The van der Waals surface area contributed by atoms with Crippen molar-refractivity contribution in [3.8, 4) is 16.9 Å². The number of nitrogens with zero attached hydrogens (tertiary/aromatic N) is 2. The van der Waals surface area contributed by atoms with E-state index in [0.717, 1.165) is 35.3 Å². The molecule has 3 aliphatic carbocycles. The Morgan fingerprint density at radius 3 is 2.49 bits per heavy atom. The van der Waals surface area contributed by atoms with Crippen LogP contribution in [0.2, 0.25) is 0 Å². The van der Waals surface area contributed by atoms with Gasteiger partial charge in [-0.05, 0) is 83.9 Å². The number of rotatable bonds is 13. The molecule has 4 aliphatic rings. The van der Waals surface area contributed by atoms with Crippen LogP contribution in [0, 0.1) is 40.9 Å². The number of anilines is 1. The lowest BCUT2D eigenvalue weighted by atomic mass is 9.45. The van der Waals surface area contributed by atoms with Crippen molar-refractivity contribution in [2.45, 2.75) is 105 Å². The summed E-state index contributed by atoms with van der Waals surface area (Å²) in [5.41, 5.74) is 12.4. The lowest BCUT2D eigenvalue weighted by Crippen LogP contribution is -2.62. The first kappa shape index (κ1) is 35.7. The molecule has 7 atom stereocenters. The number of hydroxylamine groups is 2. The van der Waals surface area contributed by atoms with Gasteiger partial charge < -0.3 is 20.7 Å². The molecule has 47 heavy (non-hydrogen) atoms. The summed E-state index contributed by atoms with van der Waals surface area (Å²) in [5, 5.41) is 5.44. The van der Waals surface area contributed by atoms with Crippen LogP contribution in [0.5, 0.6) is 5.75 Å². The average Bonchev–Trinajstić information content (AvgIpc) is 3.40. The predicted molar refractivity (Wildman–Crippen MR) is 193 cm³/mol. The topological polar surface area (TPSA) is 80.1 Å². The quantitative estimate of drug-likeness (QED) is 0.238. The number of carbonyl (C=O) groups excluding carboxylic acids is 1. The molecule has 1 saturated heterocycles. The highest BCUT2D eigenvalue weighted by molar-refractivity contribution is 5.83. The summed E-state index contributed by atoms with van der Waals surface area (Å²) >= 11 is 0. The number of amides is 1. The van der Waals surface area contributed by atoms with E-state index in [9.17, 15) is 4.79 Å². The van der Waals surface area contributed by atoms with E-state index < -0.39 is 6.04 Å². The molecule has 3 saturated carbocycles. The number of hydrogen-bond donors (Lipinski definition) is 2. The number of carbonyl (C=O) groups is 1. The predicted octanol–water partition coefficient (Wildman–Crippen LogP) is 7.31. The zero-order chi connectivity index (χ0) is 34.2. The van der Waals surface area contributed by atoms with Gasteiger partial charge >= 0.3 is 0 Å².